The van der Waals surface area contributed by atoms with Crippen LogP contribution in [0.15, 0.2) is 36.4 Å². The quantitative estimate of drug-likeness (QED) is 0.667. The van der Waals surface area contributed by atoms with Crippen LogP contribution >= 0.6 is 11.6 Å². The van der Waals surface area contributed by atoms with Gasteiger partial charge in [-0.3, -0.25) is 11.3 Å². The largest absolute Gasteiger partial charge is 0.271 e. The molecule has 0 aliphatic carbocycles. The lowest BCUT2D eigenvalue weighted by atomic mass is 9.98. The van der Waals surface area contributed by atoms with Crippen molar-refractivity contribution in [3.8, 4) is 0 Å². The smallest absolute Gasteiger partial charge is 0.162 e. The first-order valence-electron chi connectivity index (χ1n) is 6.18. The van der Waals surface area contributed by atoms with Crippen LogP contribution in [0.5, 0.6) is 0 Å². The van der Waals surface area contributed by atoms with E-state index < -0.39 is 11.6 Å². The van der Waals surface area contributed by atoms with Crippen molar-refractivity contribution in [2.75, 3.05) is 0 Å². The molecule has 0 aliphatic rings. The fraction of sp³-hybridized carbons (Fsp3) is 0.200. The van der Waals surface area contributed by atoms with Crippen LogP contribution in [0.1, 0.15) is 22.7 Å². The van der Waals surface area contributed by atoms with E-state index in [1.165, 1.54) is 12.1 Å². The van der Waals surface area contributed by atoms with Gasteiger partial charge in [0.05, 0.1) is 6.04 Å². The van der Waals surface area contributed by atoms with Crippen molar-refractivity contribution in [1.29, 1.82) is 0 Å². The first kappa shape index (κ1) is 14.9. The van der Waals surface area contributed by atoms with Crippen LogP contribution in [0.25, 0.3) is 0 Å². The lowest BCUT2D eigenvalue weighted by molar-refractivity contribution is 0.481. The van der Waals surface area contributed by atoms with E-state index >= 15 is 0 Å². The highest BCUT2D eigenvalue weighted by Gasteiger charge is 2.17. The molecule has 20 heavy (non-hydrogen) atoms. The minimum Gasteiger partial charge on any atom is -0.271 e. The van der Waals surface area contributed by atoms with Crippen molar-refractivity contribution in [1.82, 2.24) is 5.43 Å². The Hall–Kier alpha value is -1.49. The summed E-state index contributed by atoms with van der Waals surface area (Å²) in [6.07, 6.45) is 0.211. The monoisotopic (exact) mass is 296 g/mol. The summed E-state index contributed by atoms with van der Waals surface area (Å²) in [4.78, 5) is 0. The van der Waals surface area contributed by atoms with Gasteiger partial charge in [-0.25, -0.2) is 8.78 Å². The standard InChI is InChI=1S/C15H15ClF2N2/c1-9-5-6-11(12(16)7-9)14(20-19)8-10-3-2-4-13(17)15(10)18/h2-7,14,20H,8,19H2,1H3. The second kappa shape index (κ2) is 6.31. The van der Waals surface area contributed by atoms with Gasteiger partial charge in [-0.1, -0.05) is 35.9 Å². The molecule has 0 bridgehead atoms. The van der Waals surface area contributed by atoms with Gasteiger partial charge in [0.2, 0.25) is 0 Å². The number of nitrogens with two attached hydrogens (primary N) is 1. The summed E-state index contributed by atoms with van der Waals surface area (Å²) in [5.41, 5.74) is 4.63. The molecule has 0 saturated carbocycles. The van der Waals surface area contributed by atoms with Gasteiger partial charge < -0.3 is 0 Å². The summed E-state index contributed by atoms with van der Waals surface area (Å²) in [6.45, 7) is 1.92. The third-order valence-electron chi connectivity index (χ3n) is 3.19. The maximum atomic E-state index is 13.7. The topological polar surface area (TPSA) is 38.0 Å². The number of benzene rings is 2. The zero-order valence-corrected chi connectivity index (χ0v) is 11.7. The fourth-order valence-electron chi connectivity index (χ4n) is 2.10. The van der Waals surface area contributed by atoms with Gasteiger partial charge in [0, 0.05) is 5.02 Å². The predicted molar refractivity (Wildman–Crippen MR) is 76.3 cm³/mol. The molecular formula is C15H15ClF2N2. The molecule has 3 N–H and O–H groups in total. The first-order chi connectivity index (χ1) is 9.52. The van der Waals surface area contributed by atoms with E-state index in [1.54, 1.807) is 0 Å². The molecule has 1 unspecified atom stereocenters. The normalized spacial score (nSPS) is 12.4. The van der Waals surface area contributed by atoms with Gasteiger partial charge >= 0.3 is 0 Å². The Labute approximate surface area is 121 Å². The third-order valence-corrected chi connectivity index (χ3v) is 3.52. The molecule has 106 valence electrons. The van der Waals surface area contributed by atoms with Gasteiger partial charge in [0.25, 0.3) is 0 Å². The van der Waals surface area contributed by atoms with Gasteiger partial charge in [-0.2, -0.15) is 0 Å². The summed E-state index contributed by atoms with van der Waals surface area (Å²) in [7, 11) is 0. The number of aryl methyl sites for hydroxylation is 1. The molecule has 1 atom stereocenters. The van der Waals surface area contributed by atoms with E-state index in [1.807, 2.05) is 25.1 Å². The maximum Gasteiger partial charge on any atom is 0.162 e. The number of halogens is 3. The lowest BCUT2D eigenvalue weighted by Gasteiger charge is -2.18. The van der Waals surface area contributed by atoms with Crippen LogP contribution in [0, 0.1) is 18.6 Å². The number of hydrazine groups is 1. The Kier molecular flexibility index (Phi) is 4.70. The van der Waals surface area contributed by atoms with Crippen molar-refractivity contribution in [3.05, 3.63) is 69.7 Å². The van der Waals surface area contributed by atoms with E-state index in [0.717, 1.165) is 17.2 Å². The second-order valence-corrected chi connectivity index (χ2v) is 5.07. The van der Waals surface area contributed by atoms with E-state index in [9.17, 15) is 8.78 Å². The van der Waals surface area contributed by atoms with Crippen molar-refractivity contribution in [2.24, 2.45) is 5.84 Å². The number of hydrogen-bond donors (Lipinski definition) is 2. The maximum absolute atomic E-state index is 13.7. The molecule has 0 radical (unpaired) electrons. The lowest BCUT2D eigenvalue weighted by Crippen LogP contribution is -2.30. The third kappa shape index (κ3) is 3.15. The van der Waals surface area contributed by atoms with Crippen molar-refractivity contribution in [2.45, 2.75) is 19.4 Å². The molecule has 2 rings (SSSR count). The molecule has 0 heterocycles. The van der Waals surface area contributed by atoms with Gasteiger partial charge in [0.1, 0.15) is 0 Å². The van der Waals surface area contributed by atoms with Crippen LogP contribution in [0.3, 0.4) is 0 Å². The molecule has 5 heteroatoms. The molecule has 0 fully saturated rings. The van der Waals surface area contributed by atoms with Crippen molar-refractivity contribution >= 4 is 11.6 Å². The molecule has 2 nitrogen and oxygen atoms in total. The van der Waals surface area contributed by atoms with Crippen molar-refractivity contribution in [3.63, 3.8) is 0 Å². The highest BCUT2D eigenvalue weighted by atomic mass is 35.5. The molecule has 0 spiro atoms. The van der Waals surface area contributed by atoms with Crippen LogP contribution in [0.2, 0.25) is 5.02 Å². The van der Waals surface area contributed by atoms with Gasteiger partial charge in [0.15, 0.2) is 11.6 Å². The Balaban J connectivity index is 2.31. The second-order valence-electron chi connectivity index (χ2n) is 4.66. The number of rotatable bonds is 4. The minimum atomic E-state index is -0.867. The summed E-state index contributed by atoms with van der Waals surface area (Å²) >= 11 is 6.18. The van der Waals surface area contributed by atoms with Gasteiger partial charge in [-0.05, 0) is 42.2 Å². The van der Waals surface area contributed by atoms with E-state index in [2.05, 4.69) is 5.43 Å². The Morgan fingerprint density at radius 3 is 2.65 bits per heavy atom. The summed E-state index contributed by atoms with van der Waals surface area (Å²) in [5, 5.41) is 0.546. The molecule has 0 aromatic heterocycles. The van der Waals surface area contributed by atoms with E-state index in [0.29, 0.717) is 5.02 Å². The SMILES string of the molecule is Cc1ccc(C(Cc2cccc(F)c2F)NN)c(Cl)c1. The highest BCUT2D eigenvalue weighted by molar-refractivity contribution is 6.31. The average molecular weight is 297 g/mol. The van der Waals surface area contributed by atoms with Crippen molar-refractivity contribution < 1.29 is 8.78 Å². The number of hydrogen-bond acceptors (Lipinski definition) is 2. The Bertz CT molecular complexity index is 617. The highest BCUT2D eigenvalue weighted by Crippen LogP contribution is 2.27. The number of nitrogens with one attached hydrogen (secondary N) is 1. The molecule has 2 aromatic rings. The average Bonchev–Trinajstić information content (AvgIpc) is 2.41. The molecule has 0 saturated heterocycles. The van der Waals surface area contributed by atoms with E-state index in [4.69, 9.17) is 17.4 Å². The van der Waals surface area contributed by atoms with Crippen LogP contribution in [-0.2, 0) is 6.42 Å². The summed E-state index contributed by atoms with van der Waals surface area (Å²) in [5.74, 6) is 3.80. The Morgan fingerprint density at radius 2 is 2.00 bits per heavy atom. The predicted octanol–water partition coefficient (Wildman–Crippen LogP) is 3.67. The molecule has 0 amide bonds. The van der Waals surface area contributed by atoms with Gasteiger partial charge in [-0.15, -0.1) is 0 Å². The van der Waals surface area contributed by atoms with Crippen LogP contribution in [-0.4, -0.2) is 0 Å². The van der Waals surface area contributed by atoms with Crippen LogP contribution in [0.4, 0.5) is 8.78 Å². The zero-order chi connectivity index (χ0) is 14.7. The minimum absolute atomic E-state index is 0.211. The zero-order valence-electron chi connectivity index (χ0n) is 11.0. The fourth-order valence-corrected chi connectivity index (χ4v) is 2.47. The summed E-state index contributed by atoms with van der Waals surface area (Å²) in [6, 6.07) is 9.24. The summed E-state index contributed by atoms with van der Waals surface area (Å²) < 4.78 is 26.9. The molecule has 2 aromatic carbocycles. The molecular weight excluding hydrogens is 282 g/mol. The first-order valence-corrected chi connectivity index (χ1v) is 6.55. The Morgan fingerprint density at radius 1 is 1.25 bits per heavy atom. The van der Waals surface area contributed by atoms with Crippen LogP contribution < -0.4 is 11.3 Å². The van der Waals surface area contributed by atoms with E-state index in [-0.39, 0.29) is 18.0 Å². The molecule has 0 aliphatic heterocycles.